The van der Waals surface area contributed by atoms with Crippen molar-refractivity contribution in [3.8, 4) is 5.75 Å². The molecule has 0 radical (unpaired) electrons. The Morgan fingerprint density at radius 2 is 2.24 bits per heavy atom. The molecule has 0 bridgehead atoms. The molecule has 1 amide bonds. The quantitative estimate of drug-likeness (QED) is 0.884. The van der Waals surface area contributed by atoms with Gasteiger partial charge in [-0.05, 0) is 18.6 Å². The molecule has 1 unspecified atom stereocenters. The molecule has 8 heteroatoms. The first-order chi connectivity index (χ1) is 9.92. The molecular weight excluding hydrogens is 300 g/mol. The van der Waals surface area contributed by atoms with Crippen molar-refractivity contribution >= 4 is 34.9 Å². The number of amides is 1. The lowest BCUT2D eigenvalue weighted by Gasteiger charge is -2.14. The molecule has 0 aliphatic carbocycles. The number of aryl methyl sites for hydroxylation is 1. The summed E-state index contributed by atoms with van der Waals surface area (Å²) in [6, 6.07) is 3.24. The van der Waals surface area contributed by atoms with Gasteiger partial charge in [-0.25, -0.2) is 4.79 Å². The standard InChI is InChI=1S/C13H13ClN2O5/c1-6-3-8(10(20-2)4-7(6)14)15-12(17)11-5-9(13(18)19)16-21-11/h3-4,11H,5H2,1-2H3,(H,15,17)(H,18,19). The molecule has 1 aromatic rings. The summed E-state index contributed by atoms with van der Waals surface area (Å²) >= 11 is 5.98. The van der Waals surface area contributed by atoms with Gasteiger partial charge in [0.25, 0.3) is 5.91 Å². The van der Waals surface area contributed by atoms with Crippen LogP contribution in [0.4, 0.5) is 5.69 Å². The van der Waals surface area contributed by atoms with Crippen molar-refractivity contribution in [2.75, 3.05) is 12.4 Å². The Labute approximate surface area is 125 Å². The number of hydrogen-bond acceptors (Lipinski definition) is 5. The Kier molecular flexibility index (Phi) is 4.32. The summed E-state index contributed by atoms with van der Waals surface area (Å²) in [5.74, 6) is -1.31. The molecule has 1 heterocycles. The highest BCUT2D eigenvalue weighted by Crippen LogP contribution is 2.31. The number of carboxylic acids is 1. The van der Waals surface area contributed by atoms with Gasteiger partial charge in [-0.2, -0.15) is 0 Å². The number of oxime groups is 1. The molecule has 0 fully saturated rings. The number of carbonyl (C=O) groups is 2. The van der Waals surface area contributed by atoms with Crippen molar-refractivity contribution in [3.63, 3.8) is 0 Å². The van der Waals surface area contributed by atoms with E-state index in [1.54, 1.807) is 19.1 Å². The maximum absolute atomic E-state index is 12.1. The molecule has 1 atom stereocenters. The Bertz CT molecular complexity index is 629. The molecule has 112 valence electrons. The van der Waals surface area contributed by atoms with Crippen molar-refractivity contribution in [2.45, 2.75) is 19.4 Å². The van der Waals surface area contributed by atoms with E-state index < -0.39 is 18.0 Å². The zero-order valence-electron chi connectivity index (χ0n) is 11.3. The van der Waals surface area contributed by atoms with Gasteiger partial charge in [0.2, 0.25) is 6.10 Å². The summed E-state index contributed by atoms with van der Waals surface area (Å²) in [5.41, 5.74) is 1.01. The number of halogens is 1. The number of nitrogens with zero attached hydrogens (tertiary/aromatic N) is 1. The highest BCUT2D eigenvalue weighted by molar-refractivity contribution is 6.36. The minimum absolute atomic E-state index is 0.0872. The van der Waals surface area contributed by atoms with Crippen molar-refractivity contribution in [2.24, 2.45) is 5.16 Å². The third-order valence-electron chi connectivity index (χ3n) is 2.95. The van der Waals surface area contributed by atoms with Crippen molar-refractivity contribution < 1.29 is 24.3 Å². The second-order valence-corrected chi connectivity index (χ2v) is 4.84. The number of carboxylic acid groups (broad SMARTS) is 1. The minimum Gasteiger partial charge on any atom is -0.495 e. The van der Waals surface area contributed by atoms with Gasteiger partial charge >= 0.3 is 5.97 Å². The fourth-order valence-electron chi connectivity index (χ4n) is 1.79. The van der Waals surface area contributed by atoms with Crippen LogP contribution < -0.4 is 10.1 Å². The predicted octanol–water partition coefficient (Wildman–Crippen LogP) is 1.83. The first-order valence-electron chi connectivity index (χ1n) is 6.03. The number of anilines is 1. The van der Waals surface area contributed by atoms with Gasteiger partial charge in [0.05, 0.1) is 12.8 Å². The summed E-state index contributed by atoms with van der Waals surface area (Å²) in [7, 11) is 1.45. The molecular formula is C13H13ClN2O5. The summed E-state index contributed by atoms with van der Waals surface area (Å²) in [4.78, 5) is 27.6. The summed E-state index contributed by atoms with van der Waals surface area (Å²) in [5, 5.41) is 15.3. The maximum atomic E-state index is 12.1. The van der Waals surface area contributed by atoms with Gasteiger partial charge in [0.1, 0.15) is 5.75 Å². The van der Waals surface area contributed by atoms with E-state index in [1.807, 2.05) is 0 Å². The monoisotopic (exact) mass is 312 g/mol. The number of hydrogen-bond donors (Lipinski definition) is 2. The number of nitrogens with one attached hydrogen (secondary N) is 1. The zero-order chi connectivity index (χ0) is 15.6. The number of benzene rings is 1. The fourth-order valence-corrected chi connectivity index (χ4v) is 1.94. The van der Waals surface area contributed by atoms with E-state index in [-0.39, 0.29) is 12.1 Å². The number of carbonyl (C=O) groups excluding carboxylic acids is 1. The highest BCUT2D eigenvalue weighted by Gasteiger charge is 2.32. The van der Waals surface area contributed by atoms with E-state index in [0.29, 0.717) is 16.5 Å². The molecule has 7 nitrogen and oxygen atoms in total. The third-order valence-corrected chi connectivity index (χ3v) is 3.35. The van der Waals surface area contributed by atoms with Crippen LogP contribution >= 0.6 is 11.6 Å². The number of aliphatic carboxylic acids is 1. The highest BCUT2D eigenvalue weighted by atomic mass is 35.5. The van der Waals surface area contributed by atoms with Gasteiger partial charge in [0.15, 0.2) is 5.71 Å². The van der Waals surface area contributed by atoms with E-state index in [2.05, 4.69) is 10.5 Å². The van der Waals surface area contributed by atoms with Gasteiger partial charge in [0, 0.05) is 17.5 Å². The summed E-state index contributed by atoms with van der Waals surface area (Å²) in [6.45, 7) is 1.79. The lowest BCUT2D eigenvalue weighted by molar-refractivity contribution is -0.129. The molecule has 1 aliphatic rings. The molecule has 2 N–H and O–H groups in total. The topological polar surface area (TPSA) is 97.2 Å². The van der Waals surface area contributed by atoms with Crippen LogP contribution in [0.25, 0.3) is 0 Å². The van der Waals surface area contributed by atoms with Crippen LogP contribution in [0, 0.1) is 6.92 Å². The number of rotatable bonds is 4. The second-order valence-electron chi connectivity index (χ2n) is 4.43. The maximum Gasteiger partial charge on any atom is 0.353 e. The minimum atomic E-state index is -1.20. The van der Waals surface area contributed by atoms with E-state index in [1.165, 1.54) is 7.11 Å². The van der Waals surface area contributed by atoms with Gasteiger partial charge in [-0.3, -0.25) is 4.79 Å². The largest absolute Gasteiger partial charge is 0.495 e. The van der Waals surface area contributed by atoms with Crippen LogP contribution in [0.1, 0.15) is 12.0 Å². The van der Waals surface area contributed by atoms with Crippen molar-refractivity contribution in [1.82, 2.24) is 0 Å². The van der Waals surface area contributed by atoms with E-state index in [0.717, 1.165) is 5.56 Å². The zero-order valence-corrected chi connectivity index (χ0v) is 12.1. The van der Waals surface area contributed by atoms with E-state index in [9.17, 15) is 9.59 Å². The Balaban J connectivity index is 2.11. The first-order valence-corrected chi connectivity index (χ1v) is 6.41. The van der Waals surface area contributed by atoms with Crippen LogP contribution in [0.5, 0.6) is 5.75 Å². The molecule has 0 saturated heterocycles. The van der Waals surface area contributed by atoms with E-state index >= 15 is 0 Å². The average Bonchev–Trinajstić information content (AvgIpc) is 2.92. The van der Waals surface area contributed by atoms with Crippen LogP contribution in [0.15, 0.2) is 17.3 Å². The number of ether oxygens (including phenoxy) is 1. The van der Waals surface area contributed by atoms with Gasteiger partial charge in [-0.15, -0.1) is 0 Å². The van der Waals surface area contributed by atoms with Gasteiger partial charge < -0.3 is 20.0 Å². The van der Waals surface area contributed by atoms with Gasteiger partial charge in [-0.1, -0.05) is 16.8 Å². The van der Waals surface area contributed by atoms with Crippen LogP contribution in [-0.2, 0) is 14.4 Å². The van der Waals surface area contributed by atoms with E-state index in [4.69, 9.17) is 26.3 Å². The van der Waals surface area contributed by atoms with Crippen molar-refractivity contribution in [3.05, 3.63) is 22.7 Å². The lowest BCUT2D eigenvalue weighted by atomic mass is 10.1. The first kappa shape index (κ1) is 15.1. The fraction of sp³-hybridized carbons (Fsp3) is 0.308. The molecule has 1 aliphatic heterocycles. The Morgan fingerprint density at radius 3 is 2.81 bits per heavy atom. The van der Waals surface area contributed by atoms with Crippen molar-refractivity contribution in [1.29, 1.82) is 0 Å². The molecule has 21 heavy (non-hydrogen) atoms. The average molecular weight is 313 g/mol. The normalized spacial score (nSPS) is 16.9. The summed E-state index contributed by atoms with van der Waals surface area (Å²) in [6.07, 6.45) is -1.06. The second kappa shape index (κ2) is 6.01. The Hall–Kier alpha value is -2.28. The van der Waals surface area contributed by atoms with Crippen LogP contribution in [0.2, 0.25) is 5.02 Å². The molecule has 0 spiro atoms. The lowest BCUT2D eigenvalue weighted by Crippen LogP contribution is -2.29. The predicted molar refractivity (Wildman–Crippen MR) is 75.9 cm³/mol. The summed E-state index contributed by atoms with van der Waals surface area (Å²) < 4.78 is 5.14. The van der Waals surface area contributed by atoms with Crippen LogP contribution in [-0.4, -0.2) is 35.9 Å². The Morgan fingerprint density at radius 1 is 1.52 bits per heavy atom. The van der Waals surface area contributed by atoms with Crippen LogP contribution in [0.3, 0.4) is 0 Å². The molecule has 2 rings (SSSR count). The number of methoxy groups -OCH3 is 1. The smallest absolute Gasteiger partial charge is 0.353 e. The molecule has 0 aromatic heterocycles. The molecule has 1 aromatic carbocycles. The SMILES string of the molecule is COc1cc(Cl)c(C)cc1NC(=O)C1CC(C(=O)O)=NO1. The molecule has 0 saturated carbocycles. The third kappa shape index (κ3) is 3.25.